The topological polar surface area (TPSA) is 44.1 Å². The normalized spacial score (nSPS) is 13.0. The van der Waals surface area contributed by atoms with E-state index in [-0.39, 0.29) is 5.91 Å². The van der Waals surface area contributed by atoms with Crippen LogP contribution in [0.3, 0.4) is 0 Å². The lowest BCUT2D eigenvalue weighted by atomic mass is 10.0. The molecule has 0 saturated heterocycles. The molecule has 2 N–H and O–H groups in total. The molecule has 0 bridgehead atoms. The van der Waals surface area contributed by atoms with Gasteiger partial charge in [0.25, 0.3) is 0 Å². The van der Waals surface area contributed by atoms with Crippen molar-refractivity contribution >= 4 is 11.7 Å². The monoisotopic (exact) mass is 689 g/mol. The maximum atomic E-state index is 12.4. The molecule has 0 unspecified atom stereocenters. The number of unbranched alkanes of at least 4 members (excludes halogenated alkanes) is 33. The summed E-state index contributed by atoms with van der Waals surface area (Å²) >= 11 is 0. The fraction of sp³-hybridized carbons (Fsp3) is 0.956. The Morgan fingerprint density at radius 2 is 0.816 bits per heavy atom. The van der Waals surface area contributed by atoms with Crippen LogP contribution in [0.4, 0.5) is 0 Å². The summed E-state index contributed by atoms with van der Waals surface area (Å²) in [5.41, 5.74) is 0. The smallest absolute Gasteiger partial charge is 0.244 e. The Kier molecular flexibility index (Phi) is 35.8. The van der Waals surface area contributed by atoms with E-state index < -0.39 is 0 Å². The second-order valence-corrected chi connectivity index (χ2v) is 15.9. The van der Waals surface area contributed by atoms with Crippen molar-refractivity contribution in [1.82, 2.24) is 10.6 Å². The lowest BCUT2D eigenvalue weighted by Crippen LogP contribution is -2.32. The first kappa shape index (κ1) is 46.0. The van der Waals surface area contributed by atoms with Gasteiger partial charge >= 0.3 is 0 Å². The first-order chi connectivity index (χ1) is 24.3. The third kappa shape index (κ3) is 32.6. The molecule has 0 aliphatic carbocycles. The second kappa shape index (κ2) is 38.2. The van der Waals surface area contributed by atoms with Gasteiger partial charge in [0.1, 0.15) is 19.6 Å². The molecule has 4 heteroatoms. The van der Waals surface area contributed by atoms with Gasteiger partial charge in [0.2, 0.25) is 11.7 Å². The van der Waals surface area contributed by atoms with Gasteiger partial charge in [-0.3, -0.25) is 14.7 Å². The average Bonchev–Trinajstić information content (AvgIpc) is 3.56. The number of nitrogens with zero attached hydrogens (tertiary/aromatic N) is 1. The molecule has 0 atom stereocenters. The van der Waals surface area contributed by atoms with Gasteiger partial charge in [0.15, 0.2) is 0 Å². The molecule has 0 fully saturated rings. The highest BCUT2D eigenvalue weighted by molar-refractivity contribution is 5.78. The van der Waals surface area contributed by atoms with Crippen LogP contribution in [0.15, 0.2) is 0 Å². The van der Waals surface area contributed by atoms with E-state index in [1.54, 1.807) is 0 Å². The van der Waals surface area contributed by atoms with Crippen LogP contribution in [0.5, 0.6) is 0 Å². The number of nitrogens with one attached hydrogen (secondary N) is 2. The maximum absolute atomic E-state index is 12.4. The quantitative estimate of drug-likeness (QED) is 0.0497. The molecule has 290 valence electrons. The molecule has 1 rings (SSSR count). The number of rotatable bonds is 40. The Hall–Kier alpha value is -1.06. The van der Waals surface area contributed by atoms with Gasteiger partial charge in [-0.25, -0.2) is 0 Å². The number of amidine groups is 1. The Labute approximate surface area is 308 Å². The van der Waals surface area contributed by atoms with Crippen LogP contribution in [-0.2, 0) is 4.79 Å². The third-order valence-corrected chi connectivity index (χ3v) is 11.1. The van der Waals surface area contributed by atoms with E-state index in [2.05, 4.69) is 29.1 Å². The Bertz CT molecular complexity index is 720. The van der Waals surface area contributed by atoms with E-state index in [0.29, 0.717) is 6.42 Å². The van der Waals surface area contributed by atoms with Crippen molar-refractivity contribution in [2.45, 2.75) is 251 Å². The molecule has 4 nitrogen and oxygen atoms in total. The molecule has 1 amide bonds. The van der Waals surface area contributed by atoms with Gasteiger partial charge < -0.3 is 5.32 Å². The van der Waals surface area contributed by atoms with Crippen molar-refractivity contribution in [1.29, 1.82) is 0 Å². The summed E-state index contributed by atoms with van der Waals surface area (Å²) in [6.45, 7) is 8.47. The fourth-order valence-corrected chi connectivity index (χ4v) is 7.70. The van der Waals surface area contributed by atoms with Crippen molar-refractivity contribution in [2.24, 2.45) is 0 Å². The van der Waals surface area contributed by atoms with Crippen LogP contribution >= 0.6 is 0 Å². The first-order valence-electron chi connectivity index (χ1n) is 22.9. The third-order valence-electron chi connectivity index (χ3n) is 11.1. The lowest BCUT2D eigenvalue weighted by Gasteiger charge is -2.07. The second-order valence-electron chi connectivity index (χ2n) is 15.9. The predicted octanol–water partition coefficient (Wildman–Crippen LogP) is 13.6. The van der Waals surface area contributed by atoms with Gasteiger partial charge in [-0.15, -0.1) is 0 Å². The van der Waals surface area contributed by atoms with Crippen molar-refractivity contribution in [3.05, 3.63) is 0 Å². The van der Waals surface area contributed by atoms with Crippen LogP contribution in [0.2, 0.25) is 0 Å². The van der Waals surface area contributed by atoms with E-state index in [4.69, 9.17) is 0 Å². The van der Waals surface area contributed by atoms with Crippen molar-refractivity contribution < 1.29 is 9.37 Å². The molecule has 0 saturated carbocycles. The van der Waals surface area contributed by atoms with Gasteiger partial charge in [0.05, 0.1) is 6.54 Å². The van der Waals surface area contributed by atoms with Crippen LogP contribution in [0, 0.1) is 0 Å². The SMILES string of the molecule is CCCCCCCCCCCCCCCCCCCCC1=[N+](CCNC(=O)CCCCCCCCCCCCCCCCCCC)CCN1. The number of carbonyl (C=O) groups is 1. The fourth-order valence-electron chi connectivity index (χ4n) is 7.70. The van der Waals surface area contributed by atoms with Crippen molar-refractivity contribution in [2.75, 3.05) is 26.2 Å². The molecular weight excluding hydrogens is 599 g/mol. The minimum Gasteiger partial charge on any atom is -0.352 e. The first-order valence-corrected chi connectivity index (χ1v) is 22.9. The Balaban J connectivity index is 1.84. The average molecular weight is 689 g/mol. The summed E-state index contributed by atoms with van der Waals surface area (Å²) in [6, 6.07) is 0. The molecule has 1 aliphatic rings. The van der Waals surface area contributed by atoms with Gasteiger partial charge in [-0.05, 0) is 12.8 Å². The van der Waals surface area contributed by atoms with E-state index in [1.807, 2.05) is 0 Å². The maximum Gasteiger partial charge on any atom is 0.244 e. The molecule has 0 radical (unpaired) electrons. The van der Waals surface area contributed by atoms with E-state index in [1.165, 1.54) is 231 Å². The lowest BCUT2D eigenvalue weighted by molar-refractivity contribution is -0.517. The van der Waals surface area contributed by atoms with Gasteiger partial charge in [-0.1, -0.05) is 226 Å². The van der Waals surface area contributed by atoms with Crippen LogP contribution < -0.4 is 10.6 Å². The molecule has 0 aromatic rings. The molecule has 1 aliphatic heterocycles. The minimum atomic E-state index is 0.248. The molecule has 1 heterocycles. The predicted molar refractivity (Wildman–Crippen MR) is 218 cm³/mol. The molecular formula is C45H90N3O+. The Morgan fingerprint density at radius 1 is 0.490 bits per heavy atom. The van der Waals surface area contributed by atoms with Gasteiger partial charge in [0, 0.05) is 12.8 Å². The zero-order chi connectivity index (χ0) is 35.1. The van der Waals surface area contributed by atoms with Crippen LogP contribution in [-0.4, -0.2) is 42.5 Å². The highest BCUT2D eigenvalue weighted by Gasteiger charge is 2.19. The number of amides is 1. The van der Waals surface area contributed by atoms with E-state index in [9.17, 15) is 4.79 Å². The van der Waals surface area contributed by atoms with Crippen molar-refractivity contribution in [3.8, 4) is 0 Å². The highest BCUT2D eigenvalue weighted by atomic mass is 16.1. The van der Waals surface area contributed by atoms with E-state index in [0.717, 1.165) is 32.6 Å². The number of hydrogen-bond donors (Lipinski definition) is 2. The number of hydrogen-bond acceptors (Lipinski definition) is 2. The summed E-state index contributed by atoms with van der Waals surface area (Å²) in [7, 11) is 0. The summed E-state index contributed by atoms with van der Waals surface area (Å²) in [4.78, 5) is 12.4. The standard InChI is InChI=1S/C45H89N3O/c1-3-5-7-9-11-13-15-17-19-21-23-24-26-28-30-32-34-36-38-44-46-40-42-48(44)43-41-47-45(49)39-37-35-33-31-29-27-25-22-20-18-16-14-12-10-8-6-4-2/h3-43H2,1-2H3,(H,47,49)/p+1. The summed E-state index contributed by atoms with van der Waals surface area (Å²) < 4.78 is 2.48. The van der Waals surface area contributed by atoms with Crippen LogP contribution in [0.25, 0.3) is 0 Å². The zero-order valence-corrected chi connectivity index (χ0v) is 33.8. The minimum absolute atomic E-state index is 0.248. The zero-order valence-electron chi connectivity index (χ0n) is 33.8. The molecule has 0 spiro atoms. The molecule has 0 aromatic heterocycles. The Morgan fingerprint density at radius 3 is 1.18 bits per heavy atom. The largest absolute Gasteiger partial charge is 0.352 e. The number of carbonyl (C=O) groups excluding carboxylic acids is 1. The highest BCUT2D eigenvalue weighted by Crippen LogP contribution is 2.16. The van der Waals surface area contributed by atoms with Gasteiger partial charge in [-0.2, -0.15) is 0 Å². The summed E-state index contributed by atoms with van der Waals surface area (Å²) in [5, 5.41) is 6.81. The van der Waals surface area contributed by atoms with Crippen molar-refractivity contribution in [3.63, 3.8) is 0 Å². The van der Waals surface area contributed by atoms with E-state index >= 15 is 0 Å². The van der Waals surface area contributed by atoms with Crippen LogP contribution in [0.1, 0.15) is 251 Å². The summed E-state index contributed by atoms with van der Waals surface area (Å²) in [6.07, 6.45) is 51.1. The summed E-state index contributed by atoms with van der Waals surface area (Å²) in [5.74, 6) is 1.66. The molecule has 0 aromatic carbocycles. The molecule has 49 heavy (non-hydrogen) atoms.